The van der Waals surface area contributed by atoms with E-state index < -0.39 is 10.8 Å². The third-order valence-electron chi connectivity index (χ3n) is 4.68. The van der Waals surface area contributed by atoms with E-state index in [1.165, 1.54) is 4.90 Å². The highest BCUT2D eigenvalue weighted by atomic mass is 32.2. The number of carbonyl (C=O) groups excluding carboxylic acids is 1. The second-order valence-corrected chi connectivity index (χ2v) is 9.40. The lowest BCUT2D eigenvalue weighted by molar-refractivity contribution is -0.118. The Labute approximate surface area is 184 Å². The molecule has 0 fully saturated rings. The van der Waals surface area contributed by atoms with Gasteiger partial charge in [0.05, 0.1) is 11.4 Å². The maximum absolute atomic E-state index is 12.4. The third kappa shape index (κ3) is 6.31. The number of nitrogens with zero attached hydrogens (tertiary/aromatic N) is 1. The minimum absolute atomic E-state index is 0.0441. The van der Waals surface area contributed by atoms with Crippen LogP contribution in [0.15, 0.2) is 57.8 Å². The van der Waals surface area contributed by atoms with Crippen LogP contribution in [0.5, 0.6) is 0 Å². The maximum Gasteiger partial charge on any atom is 0.232 e. The van der Waals surface area contributed by atoms with Gasteiger partial charge in [-0.05, 0) is 56.4 Å². The van der Waals surface area contributed by atoms with Crippen LogP contribution in [-0.2, 0) is 27.8 Å². The molecule has 0 saturated heterocycles. The molecular formula is C23H26N2O3S2. The minimum atomic E-state index is -1.35. The second kappa shape index (κ2) is 10.6. The Morgan fingerprint density at radius 3 is 2.47 bits per heavy atom. The van der Waals surface area contributed by atoms with Gasteiger partial charge in [0, 0.05) is 27.8 Å². The van der Waals surface area contributed by atoms with Crippen molar-refractivity contribution in [1.82, 2.24) is 10.3 Å². The van der Waals surface area contributed by atoms with Crippen LogP contribution in [0, 0.1) is 13.8 Å². The predicted molar refractivity (Wildman–Crippen MR) is 123 cm³/mol. The number of amides is 1. The Hall–Kier alpha value is -2.38. The number of nitrogens with one attached hydrogen (secondary N) is 1. The van der Waals surface area contributed by atoms with E-state index in [-0.39, 0.29) is 17.4 Å². The molecule has 3 rings (SSSR count). The van der Waals surface area contributed by atoms with Gasteiger partial charge in [-0.15, -0.1) is 11.8 Å². The lowest BCUT2D eigenvalue weighted by Gasteiger charge is -2.06. The first-order valence-corrected chi connectivity index (χ1v) is 12.4. The van der Waals surface area contributed by atoms with E-state index in [0.29, 0.717) is 23.9 Å². The van der Waals surface area contributed by atoms with Crippen molar-refractivity contribution in [2.45, 2.75) is 30.9 Å². The summed E-state index contributed by atoms with van der Waals surface area (Å²) in [6.45, 7) is 4.35. The van der Waals surface area contributed by atoms with E-state index in [4.69, 9.17) is 4.42 Å². The summed E-state index contributed by atoms with van der Waals surface area (Å²) in [7, 11) is -1.35. The average molecular weight is 443 g/mol. The maximum atomic E-state index is 12.4. The summed E-state index contributed by atoms with van der Waals surface area (Å²) in [4.78, 5) is 17.8. The van der Waals surface area contributed by atoms with Crippen molar-refractivity contribution in [1.29, 1.82) is 0 Å². The SMILES string of the molecule is CSc1ccc(CCNC(=O)C[S@@](=O)Cc2nc(-c3ccc(C)cc3)oc2C)cc1. The number of aryl methyl sites for hydroxylation is 2. The summed E-state index contributed by atoms with van der Waals surface area (Å²) in [6.07, 6.45) is 2.79. The molecule has 5 nitrogen and oxygen atoms in total. The number of hydrogen-bond donors (Lipinski definition) is 1. The van der Waals surface area contributed by atoms with E-state index in [1.54, 1.807) is 18.7 Å². The summed E-state index contributed by atoms with van der Waals surface area (Å²) < 4.78 is 18.2. The Morgan fingerprint density at radius 2 is 1.80 bits per heavy atom. The zero-order chi connectivity index (χ0) is 21.5. The molecule has 0 aliphatic rings. The lowest BCUT2D eigenvalue weighted by Crippen LogP contribution is -2.30. The van der Waals surface area contributed by atoms with E-state index in [1.807, 2.05) is 37.4 Å². The summed E-state index contributed by atoms with van der Waals surface area (Å²) in [5.74, 6) is 1.08. The van der Waals surface area contributed by atoms with Crippen LogP contribution < -0.4 is 5.32 Å². The highest BCUT2D eigenvalue weighted by Crippen LogP contribution is 2.23. The van der Waals surface area contributed by atoms with Gasteiger partial charge in [0.25, 0.3) is 0 Å². The van der Waals surface area contributed by atoms with Gasteiger partial charge < -0.3 is 9.73 Å². The Kier molecular flexibility index (Phi) is 7.87. The molecule has 3 aromatic rings. The van der Waals surface area contributed by atoms with Gasteiger partial charge in [-0.1, -0.05) is 29.8 Å². The fourth-order valence-electron chi connectivity index (χ4n) is 2.92. The molecule has 0 aliphatic carbocycles. The summed E-state index contributed by atoms with van der Waals surface area (Å²) in [6, 6.07) is 16.2. The average Bonchev–Trinajstić information content (AvgIpc) is 3.09. The summed E-state index contributed by atoms with van der Waals surface area (Å²) >= 11 is 1.70. The monoisotopic (exact) mass is 442 g/mol. The van der Waals surface area contributed by atoms with Gasteiger partial charge in [0.1, 0.15) is 11.5 Å². The molecule has 1 amide bonds. The molecule has 7 heteroatoms. The first-order valence-electron chi connectivity index (χ1n) is 9.72. The van der Waals surface area contributed by atoms with Crippen molar-refractivity contribution in [3.63, 3.8) is 0 Å². The smallest absolute Gasteiger partial charge is 0.232 e. The van der Waals surface area contributed by atoms with Crippen LogP contribution in [0.2, 0.25) is 0 Å². The normalized spacial score (nSPS) is 12.0. The van der Waals surface area contributed by atoms with Crippen LogP contribution in [-0.4, -0.2) is 33.7 Å². The molecule has 158 valence electrons. The zero-order valence-corrected chi connectivity index (χ0v) is 19.1. The largest absolute Gasteiger partial charge is 0.441 e. The molecule has 0 unspecified atom stereocenters. The number of thioether (sulfide) groups is 1. The minimum Gasteiger partial charge on any atom is -0.441 e. The van der Waals surface area contributed by atoms with Crippen molar-refractivity contribution >= 4 is 28.5 Å². The molecule has 0 saturated carbocycles. The Balaban J connectivity index is 1.47. The molecule has 1 N–H and O–H groups in total. The van der Waals surface area contributed by atoms with Gasteiger partial charge >= 0.3 is 0 Å². The highest BCUT2D eigenvalue weighted by molar-refractivity contribution is 7.98. The van der Waals surface area contributed by atoms with Crippen LogP contribution in [0.1, 0.15) is 22.6 Å². The first-order chi connectivity index (χ1) is 14.4. The van der Waals surface area contributed by atoms with Gasteiger partial charge in [0.2, 0.25) is 11.8 Å². The molecule has 1 atom stereocenters. The van der Waals surface area contributed by atoms with Crippen molar-refractivity contribution < 1.29 is 13.4 Å². The molecule has 0 aliphatic heterocycles. The van der Waals surface area contributed by atoms with Gasteiger partial charge in [-0.2, -0.15) is 0 Å². The van der Waals surface area contributed by atoms with E-state index in [9.17, 15) is 9.00 Å². The van der Waals surface area contributed by atoms with Crippen LogP contribution >= 0.6 is 11.8 Å². The van der Waals surface area contributed by atoms with E-state index in [0.717, 1.165) is 23.1 Å². The highest BCUT2D eigenvalue weighted by Gasteiger charge is 2.16. The Morgan fingerprint density at radius 1 is 1.10 bits per heavy atom. The number of oxazole rings is 1. The Bertz CT molecular complexity index is 1010. The predicted octanol–water partition coefficient (Wildman–Crippen LogP) is 4.29. The van der Waals surface area contributed by atoms with Crippen molar-refractivity contribution in [3.05, 3.63) is 71.1 Å². The van der Waals surface area contributed by atoms with Crippen LogP contribution in [0.4, 0.5) is 0 Å². The van der Waals surface area contributed by atoms with E-state index >= 15 is 0 Å². The molecule has 1 heterocycles. The molecular weight excluding hydrogens is 416 g/mol. The number of benzene rings is 2. The van der Waals surface area contributed by atoms with Crippen LogP contribution in [0.3, 0.4) is 0 Å². The fourth-order valence-corrected chi connectivity index (χ4v) is 4.40. The summed E-state index contributed by atoms with van der Waals surface area (Å²) in [5.41, 5.74) is 3.83. The second-order valence-electron chi connectivity index (χ2n) is 7.06. The van der Waals surface area contributed by atoms with Gasteiger partial charge in [0.15, 0.2) is 0 Å². The van der Waals surface area contributed by atoms with Crippen molar-refractivity contribution in [2.24, 2.45) is 0 Å². The topological polar surface area (TPSA) is 72.2 Å². The number of hydrogen-bond acceptors (Lipinski definition) is 5. The first kappa shape index (κ1) is 22.3. The quantitative estimate of drug-likeness (QED) is 0.501. The molecule has 1 aromatic heterocycles. The van der Waals surface area contributed by atoms with E-state index in [2.05, 4.69) is 34.6 Å². The van der Waals surface area contributed by atoms with Crippen molar-refractivity contribution in [3.8, 4) is 11.5 Å². The summed E-state index contributed by atoms with van der Waals surface area (Å²) in [5, 5.41) is 2.85. The fraction of sp³-hybridized carbons (Fsp3) is 0.304. The molecule has 0 bridgehead atoms. The number of rotatable bonds is 9. The third-order valence-corrected chi connectivity index (χ3v) is 6.60. The molecule has 2 aromatic carbocycles. The molecule has 0 radical (unpaired) electrons. The zero-order valence-electron chi connectivity index (χ0n) is 17.4. The standard InChI is InChI=1S/C23H26N2O3S2/c1-16-4-8-19(9-5-16)23-25-21(17(2)28-23)14-30(27)15-22(26)24-13-12-18-6-10-20(29-3)11-7-18/h4-11H,12-15H2,1-3H3,(H,24,26)/t30-/m0/s1. The van der Waals surface area contributed by atoms with Crippen LogP contribution in [0.25, 0.3) is 11.5 Å². The number of aromatic nitrogens is 1. The van der Waals surface area contributed by atoms with Gasteiger partial charge in [-0.3, -0.25) is 9.00 Å². The van der Waals surface area contributed by atoms with Gasteiger partial charge in [-0.25, -0.2) is 4.98 Å². The lowest BCUT2D eigenvalue weighted by atomic mass is 10.1. The molecule has 0 spiro atoms. The molecule has 30 heavy (non-hydrogen) atoms. The van der Waals surface area contributed by atoms with Crippen molar-refractivity contribution in [2.75, 3.05) is 18.6 Å². The number of carbonyl (C=O) groups is 1.